The van der Waals surface area contributed by atoms with E-state index in [0.29, 0.717) is 30.1 Å². The fraction of sp³-hybridized carbons (Fsp3) is 0.269. The summed E-state index contributed by atoms with van der Waals surface area (Å²) in [7, 11) is 0. The molecule has 0 bridgehead atoms. The van der Waals surface area contributed by atoms with E-state index in [1.807, 2.05) is 65.6 Å². The Morgan fingerprint density at radius 3 is 2.15 bits per heavy atom. The standard InChI is InChI=1S/C26H28N4O3.ClH.5H2O/c1-16(27)30-11-10-23(15-30)33-22-8-6-19(7-9-22)24(26(31)32)13-17-2-3-18-4-5-20(25(28)29)14-21(18)12-17;;;;;;/h2-9,12,14,23-24,27H,10-11,13,15H2,1H3,(H3,28,29)(H,31,32);1H;5*1H2/t23?,24-;;;;;;/m0....../s1. The molecule has 12 nitrogen and oxygen atoms in total. The van der Waals surface area contributed by atoms with E-state index >= 15 is 0 Å². The third-order valence-electron chi connectivity index (χ3n) is 6.16. The molecule has 0 radical (unpaired) electrons. The van der Waals surface area contributed by atoms with E-state index in [9.17, 15) is 9.90 Å². The van der Waals surface area contributed by atoms with Crippen molar-refractivity contribution in [2.24, 2.45) is 5.73 Å². The summed E-state index contributed by atoms with van der Waals surface area (Å²) in [5.41, 5.74) is 7.88. The third-order valence-corrected chi connectivity index (χ3v) is 6.16. The second-order valence-corrected chi connectivity index (χ2v) is 8.53. The zero-order valence-corrected chi connectivity index (χ0v) is 22.3. The number of nitrogens with zero attached hydrogens (tertiary/aromatic N) is 1. The Hall–Kier alpha value is -3.78. The average Bonchev–Trinajstić information content (AvgIpc) is 3.26. The first kappa shape index (κ1) is 39.7. The Morgan fingerprint density at radius 2 is 1.62 bits per heavy atom. The summed E-state index contributed by atoms with van der Waals surface area (Å²) in [6.07, 6.45) is 1.25. The largest absolute Gasteiger partial charge is 0.489 e. The molecule has 0 aliphatic carbocycles. The van der Waals surface area contributed by atoms with Crippen molar-refractivity contribution >= 4 is 40.8 Å². The topological polar surface area (TPSA) is 281 Å². The van der Waals surface area contributed by atoms with E-state index in [0.717, 1.165) is 34.9 Å². The maximum absolute atomic E-state index is 12.1. The lowest BCUT2D eigenvalue weighted by Gasteiger charge is -2.18. The number of amidine groups is 2. The van der Waals surface area contributed by atoms with Crippen molar-refractivity contribution in [1.29, 1.82) is 10.8 Å². The van der Waals surface area contributed by atoms with Gasteiger partial charge in [-0.25, -0.2) is 0 Å². The van der Waals surface area contributed by atoms with Crippen molar-refractivity contribution in [3.63, 3.8) is 0 Å². The monoisotopic (exact) mass is 570 g/mol. The van der Waals surface area contributed by atoms with Gasteiger partial charge in [0.1, 0.15) is 17.7 Å². The van der Waals surface area contributed by atoms with Gasteiger partial charge in [0.2, 0.25) is 0 Å². The van der Waals surface area contributed by atoms with Gasteiger partial charge in [0.15, 0.2) is 0 Å². The lowest BCUT2D eigenvalue weighted by atomic mass is 9.91. The van der Waals surface area contributed by atoms with Gasteiger partial charge >= 0.3 is 5.97 Å². The summed E-state index contributed by atoms with van der Waals surface area (Å²) in [6.45, 7) is 3.29. The molecule has 1 heterocycles. The minimum atomic E-state index is -0.880. The van der Waals surface area contributed by atoms with Crippen LogP contribution in [0.15, 0.2) is 60.7 Å². The molecule has 1 saturated heterocycles. The molecule has 1 aliphatic rings. The SMILES string of the molecule is CC(=N)N1CCC(Oc2ccc([C@H](Cc3ccc4ccc(C(=N)N)cc4c3)C(=O)O)cc2)C1.Cl.O.O.O.O.O. The van der Waals surface area contributed by atoms with Gasteiger partial charge in [-0.15, -0.1) is 12.4 Å². The number of hydrogen-bond donors (Lipinski definition) is 4. The van der Waals surface area contributed by atoms with E-state index in [1.165, 1.54) is 0 Å². The van der Waals surface area contributed by atoms with Crippen LogP contribution in [0.5, 0.6) is 5.75 Å². The number of carbonyl (C=O) groups is 1. The van der Waals surface area contributed by atoms with E-state index < -0.39 is 11.9 Å². The first-order valence-corrected chi connectivity index (χ1v) is 11.0. The number of benzene rings is 3. The zero-order chi connectivity index (χ0) is 23.5. The van der Waals surface area contributed by atoms with Crippen LogP contribution < -0.4 is 10.5 Å². The second-order valence-electron chi connectivity index (χ2n) is 8.53. The molecule has 0 amide bonds. The van der Waals surface area contributed by atoms with Crippen molar-refractivity contribution in [2.45, 2.75) is 31.8 Å². The Kier molecular flexibility index (Phi) is 17.3. The Labute approximate surface area is 232 Å². The molecule has 2 atom stereocenters. The van der Waals surface area contributed by atoms with Gasteiger partial charge in [0, 0.05) is 18.5 Å². The van der Waals surface area contributed by atoms with Gasteiger partial charge < -0.3 is 47.9 Å². The van der Waals surface area contributed by atoms with Crippen molar-refractivity contribution in [3.8, 4) is 5.75 Å². The highest BCUT2D eigenvalue weighted by Crippen LogP contribution is 2.27. The Balaban J connectivity index is -0.00000216. The number of nitrogens with two attached hydrogens (primary N) is 1. The minimum Gasteiger partial charge on any atom is -0.489 e. The quantitative estimate of drug-likeness (QED) is 0.229. The highest BCUT2D eigenvalue weighted by Gasteiger charge is 2.25. The first-order chi connectivity index (χ1) is 15.8. The van der Waals surface area contributed by atoms with Crippen LogP contribution in [-0.4, -0.2) is 74.2 Å². The van der Waals surface area contributed by atoms with E-state index in [1.54, 1.807) is 6.92 Å². The van der Waals surface area contributed by atoms with Crippen LogP contribution in [-0.2, 0) is 11.2 Å². The molecule has 1 unspecified atom stereocenters. The van der Waals surface area contributed by atoms with E-state index in [4.69, 9.17) is 21.3 Å². The molecular formula is C26H39ClN4O8. The van der Waals surface area contributed by atoms with Crippen molar-refractivity contribution in [3.05, 3.63) is 77.4 Å². The van der Waals surface area contributed by atoms with Crippen LogP contribution in [0.2, 0.25) is 0 Å². The Morgan fingerprint density at radius 1 is 1.00 bits per heavy atom. The molecule has 13 heteroatoms. The summed E-state index contributed by atoms with van der Waals surface area (Å²) < 4.78 is 6.03. The van der Waals surface area contributed by atoms with Gasteiger partial charge in [-0.05, 0) is 53.4 Å². The fourth-order valence-corrected chi connectivity index (χ4v) is 4.27. The van der Waals surface area contributed by atoms with Crippen LogP contribution in [0.25, 0.3) is 10.8 Å². The fourth-order valence-electron chi connectivity index (χ4n) is 4.27. The van der Waals surface area contributed by atoms with Crippen molar-refractivity contribution < 1.29 is 42.0 Å². The van der Waals surface area contributed by atoms with Crippen LogP contribution in [0.1, 0.15) is 36.0 Å². The molecule has 3 aromatic rings. The minimum absolute atomic E-state index is 0. The van der Waals surface area contributed by atoms with E-state index in [-0.39, 0.29) is 51.7 Å². The normalized spacial score (nSPS) is 14.0. The predicted molar refractivity (Wildman–Crippen MR) is 155 cm³/mol. The van der Waals surface area contributed by atoms with Crippen LogP contribution in [0.3, 0.4) is 0 Å². The maximum atomic E-state index is 12.1. The number of carboxylic acids is 1. The molecule has 0 spiro atoms. The summed E-state index contributed by atoms with van der Waals surface area (Å²) in [5.74, 6) is -0.303. The Bertz CT molecular complexity index is 1230. The number of nitrogens with one attached hydrogen (secondary N) is 2. The van der Waals surface area contributed by atoms with Crippen LogP contribution >= 0.6 is 12.4 Å². The average molecular weight is 571 g/mol. The second kappa shape index (κ2) is 16.9. The number of hydrogen-bond acceptors (Lipinski definition) is 4. The zero-order valence-electron chi connectivity index (χ0n) is 21.5. The maximum Gasteiger partial charge on any atom is 0.311 e. The highest BCUT2D eigenvalue weighted by atomic mass is 35.5. The molecule has 15 N–H and O–H groups in total. The summed E-state index contributed by atoms with van der Waals surface area (Å²) in [5, 5.41) is 27.2. The van der Waals surface area contributed by atoms with Crippen molar-refractivity contribution in [1.82, 2.24) is 4.90 Å². The van der Waals surface area contributed by atoms with Crippen LogP contribution in [0, 0.1) is 10.8 Å². The highest BCUT2D eigenvalue weighted by molar-refractivity contribution is 5.99. The van der Waals surface area contributed by atoms with Gasteiger partial charge in [-0.3, -0.25) is 15.6 Å². The number of aliphatic carboxylic acids is 1. The summed E-state index contributed by atoms with van der Waals surface area (Å²) >= 11 is 0. The number of ether oxygens (including phenoxy) is 1. The number of nitrogen functional groups attached to an aromatic ring is 1. The molecular weight excluding hydrogens is 532 g/mol. The lowest BCUT2D eigenvalue weighted by molar-refractivity contribution is -0.138. The lowest BCUT2D eigenvalue weighted by Crippen LogP contribution is -2.28. The third kappa shape index (κ3) is 9.48. The number of halogens is 1. The van der Waals surface area contributed by atoms with Gasteiger partial charge in [0.05, 0.1) is 18.3 Å². The molecule has 1 aliphatic heterocycles. The molecule has 0 saturated carbocycles. The van der Waals surface area contributed by atoms with Gasteiger partial charge in [0.25, 0.3) is 0 Å². The smallest absolute Gasteiger partial charge is 0.311 e. The molecule has 4 rings (SSSR count). The van der Waals surface area contributed by atoms with Crippen molar-refractivity contribution in [2.75, 3.05) is 13.1 Å². The number of rotatable bonds is 7. The predicted octanol–water partition coefficient (Wildman–Crippen LogP) is 0.283. The first-order valence-electron chi connectivity index (χ1n) is 11.0. The molecule has 3 aromatic carbocycles. The molecule has 218 valence electrons. The number of carboxylic acid groups (broad SMARTS) is 1. The summed E-state index contributed by atoms with van der Waals surface area (Å²) in [4.78, 5) is 14.1. The van der Waals surface area contributed by atoms with E-state index in [2.05, 4.69) is 0 Å². The van der Waals surface area contributed by atoms with Gasteiger partial charge in [-0.1, -0.05) is 42.5 Å². The van der Waals surface area contributed by atoms with Gasteiger partial charge in [-0.2, -0.15) is 0 Å². The van der Waals surface area contributed by atoms with Crippen LogP contribution in [0.4, 0.5) is 0 Å². The molecule has 0 aromatic heterocycles. The summed E-state index contributed by atoms with van der Waals surface area (Å²) in [6, 6.07) is 18.7. The number of fused-ring (bicyclic) bond motifs is 1. The molecule has 39 heavy (non-hydrogen) atoms. The number of likely N-dealkylation sites (tertiary alicyclic amines) is 1. The molecule has 1 fully saturated rings.